The maximum absolute atomic E-state index is 13.0. The van der Waals surface area contributed by atoms with Crippen molar-refractivity contribution in [2.45, 2.75) is 0 Å². The normalized spacial score (nSPS) is 14.1. The lowest BCUT2D eigenvalue weighted by Crippen LogP contribution is -2.35. The number of nitro groups is 1. The molecule has 1 saturated heterocycles. The summed E-state index contributed by atoms with van der Waals surface area (Å²) in [4.78, 5) is 48.0. The molecule has 1 heterocycles. The van der Waals surface area contributed by atoms with Crippen molar-refractivity contribution in [3.63, 3.8) is 0 Å². The zero-order valence-electron chi connectivity index (χ0n) is 17.9. The molecule has 4 rings (SSSR count). The molecule has 0 bridgehead atoms. The smallest absolute Gasteiger partial charge is 0.311 e. The van der Waals surface area contributed by atoms with Crippen LogP contribution in [-0.4, -0.2) is 29.3 Å². The van der Waals surface area contributed by atoms with Crippen molar-refractivity contribution in [1.82, 2.24) is 5.43 Å². The van der Waals surface area contributed by atoms with Crippen molar-refractivity contribution in [3.8, 4) is 5.75 Å². The molecule has 0 aromatic heterocycles. The number of hydrogen-bond acceptors (Lipinski definition) is 6. The van der Waals surface area contributed by atoms with E-state index in [-0.39, 0.29) is 16.9 Å². The minimum absolute atomic E-state index is 0.181. The zero-order valence-corrected chi connectivity index (χ0v) is 17.9. The zero-order chi connectivity index (χ0) is 24.9. The van der Waals surface area contributed by atoms with E-state index in [2.05, 4.69) is 10.7 Å². The van der Waals surface area contributed by atoms with Gasteiger partial charge in [-0.25, -0.2) is 9.40 Å². The number of para-hydroxylation sites is 1. The number of nitrogens with one attached hydrogen (secondary N) is 2. The summed E-state index contributed by atoms with van der Waals surface area (Å²) in [6, 6.07) is 17.3. The molecule has 3 amide bonds. The van der Waals surface area contributed by atoms with E-state index in [1.54, 1.807) is 30.3 Å². The van der Waals surface area contributed by atoms with Gasteiger partial charge in [-0.3, -0.25) is 29.9 Å². The van der Waals surface area contributed by atoms with Crippen LogP contribution in [0.4, 0.5) is 21.5 Å². The highest BCUT2D eigenvalue weighted by atomic mass is 19.1. The minimum atomic E-state index is -0.706. The summed E-state index contributed by atoms with van der Waals surface area (Å²) in [6.45, 7) is -0.536. The van der Waals surface area contributed by atoms with Gasteiger partial charge in [-0.05, 0) is 54.1 Å². The molecular weight excluding hydrogens is 459 g/mol. The number of ether oxygens (including phenoxy) is 1. The Morgan fingerprint density at radius 1 is 1.09 bits per heavy atom. The Morgan fingerprint density at radius 2 is 1.80 bits per heavy atom. The molecule has 10 nitrogen and oxygen atoms in total. The summed E-state index contributed by atoms with van der Waals surface area (Å²) >= 11 is 0. The second kappa shape index (κ2) is 9.83. The van der Waals surface area contributed by atoms with E-state index in [1.807, 2.05) is 0 Å². The fourth-order valence-electron chi connectivity index (χ4n) is 3.25. The number of halogens is 1. The minimum Gasteiger partial charge on any atom is -0.477 e. The van der Waals surface area contributed by atoms with Gasteiger partial charge in [0.2, 0.25) is 0 Å². The van der Waals surface area contributed by atoms with Gasteiger partial charge >= 0.3 is 5.69 Å². The fourth-order valence-corrected chi connectivity index (χ4v) is 3.25. The van der Waals surface area contributed by atoms with Crippen LogP contribution in [0.1, 0.15) is 5.56 Å². The van der Waals surface area contributed by atoms with Gasteiger partial charge in [0.1, 0.15) is 11.4 Å². The Morgan fingerprint density at radius 3 is 2.49 bits per heavy atom. The van der Waals surface area contributed by atoms with E-state index < -0.39 is 40.8 Å². The van der Waals surface area contributed by atoms with Gasteiger partial charge in [0.05, 0.1) is 10.6 Å². The third kappa shape index (κ3) is 5.30. The van der Waals surface area contributed by atoms with Crippen molar-refractivity contribution in [2.75, 3.05) is 16.9 Å². The van der Waals surface area contributed by atoms with Crippen LogP contribution in [0, 0.1) is 15.9 Å². The molecule has 11 heteroatoms. The van der Waals surface area contributed by atoms with Crippen LogP contribution in [0.5, 0.6) is 5.75 Å². The molecule has 1 aliphatic heterocycles. The second-order valence-electron chi connectivity index (χ2n) is 7.30. The Labute approximate surface area is 197 Å². The number of anilines is 2. The van der Waals surface area contributed by atoms with Crippen molar-refractivity contribution < 1.29 is 28.4 Å². The molecule has 0 unspecified atom stereocenters. The van der Waals surface area contributed by atoms with Gasteiger partial charge < -0.3 is 10.1 Å². The average molecular weight is 476 g/mol. The van der Waals surface area contributed by atoms with Crippen LogP contribution in [0.2, 0.25) is 0 Å². The number of amides is 3. The topological polar surface area (TPSA) is 131 Å². The first-order valence-corrected chi connectivity index (χ1v) is 10.2. The molecule has 1 fully saturated rings. The van der Waals surface area contributed by atoms with E-state index in [0.717, 1.165) is 11.1 Å². The highest BCUT2D eigenvalue weighted by molar-refractivity contribution is 6.31. The standard InChI is InChI=1S/C24H17FN4O6/c25-16-7-9-17(10-8-16)26-22(30)14-35-21-11-6-15(13-20(21)29(33)34)12-19-23(31)27-28(24(19)32)18-4-2-1-3-5-18/h1-13H,14H2,(H,26,30)(H,27,31)/b19-12-. The van der Waals surface area contributed by atoms with Gasteiger partial charge in [0.25, 0.3) is 17.7 Å². The van der Waals surface area contributed by atoms with E-state index in [0.29, 0.717) is 11.4 Å². The maximum atomic E-state index is 13.0. The lowest BCUT2D eigenvalue weighted by atomic mass is 10.1. The molecule has 0 atom stereocenters. The first-order chi connectivity index (χ1) is 16.8. The molecule has 176 valence electrons. The number of nitrogens with zero attached hydrogens (tertiary/aromatic N) is 2. The second-order valence-corrected chi connectivity index (χ2v) is 7.30. The lowest BCUT2D eigenvalue weighted by molar-refractivity contribution is -0.385. The first-order valence-electron chi connectivity index (χ1n) is 10.2. The van der Waals surface area contributed by atoms with Crippen LogP contribution < -0.4 is 20.5 Å². The predicted molar refractivity (Wildman–Crippen MR) is 124 cm³/mol. The van der Waals surface area contributed by atoms with Crippen LogP contribution in [0.25, 0.3) is 6.08 Å². The molecular formula is C24H17FN4O6. The molecule has 2 N–H and O–H groups in total. The summed E-state index contributed by atoms with van der Waals surface area (Å²) in [6.07, 6.45) is 1.23. The van der Waals surface area contributed by atoms with E-state index in [9.17, 15) is 28.9 Å². The summed E-state index contributed by atoms with van der Waals surface area (Å²) in [5.41, 5.74) is 2.80. The lowest BCUT2D eigenvalue weighted by Gasteiger charge is -2.13. The molecule has 1 aliphatic rings. The third-order valence-corrected chi connectivity index (χ3v) is 4.88. The fraction of sp³-hybridized carbons (Fsp3) is 0.0417. The average Bonchev–Trinajstić information content (AvgIpc) is 3.13. The van der Waals surface area contributed by atoms with Crippen molar-refractivity contribution >= 4 is 40.9 Å². The van der Waals surface area contributed by atoms with Crippen molar-refractivity contribution in [1.29, 1.82) is 0 Å². The van der Waals surface area contributed by atoms with Crippen LogP contribution >= 0.6 is 0 Å². The Kier molecular flexibility index (Phi) is 6.49. The highest BCUT2D eigenvalue weighted by Crippen LogP contribution is 2.30. The van der Waals surface area contributed by atoms with E-state index in [1.165, 1.54) is 42.5 Å². The SMILES string of the molecule is O=C(COc1ccc(/C=C2/C(=O)NN(c3ccccc3)C2=O)cc1[N+](=O)[O-])Nc1ccc(F)cc1. The third-order valence-electron chi connectivity index (χ3n) is 4.88. The van der Waals surface area contributed by atoms with Gasteiger partial charge in [-0.1, -0.05) is 24.3 Å². The quantitative estimate of drug-likeness (QED) is 0.233. The number of rotatable bonds is 7. The molecule has 0 aliphatic carbocycles. The Bertz CT molecular complexity index is 1340. The van der Waals surface area contributed by atoms with Gasteiger partial charge in [0.15, 0.2) is 12.4 Å². The molecule has 0 radical (unpaired) electrons. The summed E-state index contributed by atoms with van der Waals surface area (Å²) < 4.78 is 18.3. The van der Waals surface area contributed by atoms with E-state index in [4.69, 9.17) is 4.74 Å². The van der Waals surface area contributed by atoms with Gasteiger partial charge in [-0.2, -0.15) is 0 Å². The number of hydrogen-bond donors (Lipinski definition) is 2. The maximum Gasteiger partial charge on any atom is 0.311 e. The number of hydrazine groups is 1. The molecule has 0 spiro atoms. The first kappa shape index (κ1) is 23.1. The van der Waals surface area contributed by atoms with Crippen molar-refractivity contribution in [2.24, 2.45) is 0 Å². The molecule has 0 saturated carbocycles. The molecule has 3 aromatic rings. The van der Waals surface area contributed by atoms with Crippen LogP contribution in [0.15, 0.2) is 78.4 Å². The summed E-state index contributed by atoms with van der Waals surface area (Å²) in [7, 11) is 0. The Hall–Kier alpha value is -5.06. The summed E-state index contributed by atoms with van der Waals surface area (Å²) in [5, 5.41) is 15.1. The van der Waals surface area contributed by atoms with Crippen molar-refractivity contribution in [3.05, 3.63) is 99.9 Å². The predicted octanol–water partition coefficient (Wildman–Crippen LogP) is 3.21. The monoisotopic (exact) mass is 476 g/mol. The number of carbonyl (C=O) groups is 3. The van der Waals surface area contributed by atoms with Gasteiger partial charge in [0, 0.05) is 11.8 Å². The number of carbonyl (C=O) groups excluding carboxylic acids is 3. The number of nitro benzene ring substituents is 1. The summed E-state index contributed by atoms with van der Waals surface area (Å²) in [5.74, 6) is -2.51. The Balaban J connectivity index is 1.49. The highest BCUT2D eigenvalue weighted by Gasteiger charge is 2.34. The van der Waals surface area contributed by atoms with Crippen LogP contribution in [-0.2, 0) is 14.4 Å². The van der Waals surface area contributed by atoms with Gasteiger partial charge in [-0.15, -0.1) is 0 Å². The largest absolute Gasteiger partial charge is 0.477 e. The molecule has 3 aromatic carbocycles. The van der Waals surface area contributed by atoms with E-state index >= 15 is 0 Å². The number of benzene rings is 3. The van der Waals surface area contributed by atoms with Crippen LogP contribution in [0.3, 0.4) is 0 Å². The molecule has 35 heavy (non-hydrogen) atoms.